The number of para-hydroxylation sites is 1. The van der Waals surface area contributed by atoms with Crippen LogP contribution in [0, 0.1) is 5.92 Å². The predicted molar refractivity (Wildman–Crippen MR) is 109 cm³/mol. The third-order valence-electron chi connectivity index (χ3n) is 5.62. The Morgan fingerprint density at radius 2 is 1.70 bits per heavy atom. The van der Waals surface area contributed by atoms with E-state index in [0.717, 1.165) is 26.3 Å². The molecule has 0 bridgehead atoms. The molecule has 30 heavy (non-hydrogen) atoms. The van der Waals surface area contributed by atoms with Gasteiger partial charge in [0.25, 0.3) is 0 Å². The summed E-state index contributed by atoms with van der Waals surface area (Å²) in [4.78, 5) is 43.6. The summed E-state index contributed by atoms with van der Waals surface area (Å²) in [5.74, 6) is -2.83. The smallest absolute Gasteiger partial charge is 0.332 e. The van der Waals surface area contributed by atoms with Gasteiger partial charge < -0.3 is 14.8 Å². The van der Waals surface area contributed by atoms with Crippen molar-refractivity contribution in [3.8, 4) is 11.5 Å². The van der Waals surface area contributed by atoms with Crippen LogP contribution in [0.1, 0.15) is 17.0 Å². The monoisotopic (exact) mass is 407 g/mol. The lowest BCUT2D eigenvalue weighted by Crippen LogP contribution is -2.58. The predicted octanol–water partition coefficient (Wildman–Crippen LogP) is 2.68. The maximum absolute atomic E-state index is 13.1. The van der Waals surface area contributed by atoms with Crippen molar-refractivity contribution in [2.24, 2.45) is 5.92 Å². The lowest BCUT2D eigenvalue weighted by Gasteiger charge is -2.36. The lowest BCUT2D eigenvalue weighted by atomic mass is 9.78. The van der Waals surface area contributed by atoms with E-state index in [1.807, 2.05) is 24.3 Å². The van der Waals surface area contributed by atoms with E-state index in [9.17, 15) is 19.5 Å². The molecule has 2 N–H and O–H groups in total. The van der Waals surface area contributed by atoms with Crippen molar-refractivity contribution in [1.29, 1.82) is 0 Å². The highest BCUT2D eigenvalue weighted by Crippen LogP contribution is 2.41. The molecule has 1 saturated heterocycles. The number of benzene rings is 2. The Hall–Kier alpha value is -3.81. The highest BCUT2D eigenvalue weighted by Gasteiger charge is 2.48. The van der Waals surface area contributed by atoms with Gasteiger partial charge in [-0.15, -0.1) is 0 Å². The van der Waals surface area contributed by atoms with Crippen molar-refractivity contribution < 1.29 is 24.2 Å². The van der Waals surface area contributed by atoms with Gasteiger partial charge in [0.1, 0.15) is 5.92 Å². The van der Waals surface area contributed by atoms with Crippen LogP contribution in [-0.4, -0.2) is 58.9 Å². The highest BCUT2D eigenvalue weighted by molar-refractivity contribution is 6.16. The minimum atomic E-state index is -1.15. The summed E-state index contributed by atoms with van der Waals surface area (Å²) < 4.78 is 5.24. The molecule has 3 aromatic rings. The SMILES string of the molecule is COc1cc(C(c2c[nH]c3ccccc23)C2C(=O)N(C)C(=O)N(C)C2=O)ccc1O. The number of phenolic OH excluding ortho intramolecular Hbond substituents is 1. The molecule has 0 saturated carbocycles. The van der Waals surface area contributed by atoms with Crippen LogP contribution in [0.2, 0.25) is 0 Å². The first-order valence-corrected chi connectivity index (χ1v) is 9.37. The molecular weight excluding hydrogens is 386 g/mol. The van der Waals surface area contributed by atoms with Crippen molar-refractivity contribution >= 4 is 28.7 Å². The van der Waals surface area contributed by atoms with Crippen molar-refractivity contribution in [2.75, 3.05) is 21.2 Å². The molecule has 2 aromatic carbocycles. The number of nitrogens with zero attached hydrogens (tertiary/aromatic N) is 2. The Bertz CT molecular complexity index is 1140. The van der Waals surface area contributed by atoms with Gasteiger partial charge in [0, 0.05) is 37.1 Å². The van der Waals surface area contributed by atoms with Gasteiger partial charge in [0.05, 0.1) is 7.11 Å². The number of phenols is 1. The number of hydrogen-bond acceptors (Lipinski definition) is 5. The minimum Gasteiger partial charge on any atom is -0.504 e. The number of urea groups is 1. The molecule has 0 aliphatic carbocycles. The number of H-pyrrole nitrogens is 1. The zero-order valence-electron chi connectivity index (χ0n) is 16.7. The van der Waals surface area contributed by atoms with Crippen molar-refractivity contribution in [3.63, 3.8) is 0 Å². The Morgan fingerprint density at radius 3 is 2.37 bits per heavy atom. The number of fused-ring (bicyclic) bond motifs is 1. The molecule has 8 nitrogen and oxygen atoms in total. The number of carbonyl (C=O) groups is 3. The van der Waals surface area contributed by atoms with Gasteiger partial charge in [-0.3, -0.25) is 19.4 Å². The number of rotatable bonds is 4. The summed E-state index contributed by atoms with van der Waals surface area (Å²) in [6.07, 6.45) is 1.77. The van der Waals surface area contributed by atoms with Gasteiger partial charge in [0.2, 0.25) is 11.8 Å². The van der Waals surface area contributed by atoms with E-state index in [4.69, 9.17) is 4.74 Å². The van der Waals surface area contributed by atoms with Gasteiger partial charge in [0.15, 0.2) is 11.5 Å². The third kappa shape index (κ3) is 2.88. The van der Waals surface area contributed by atoms with Crippen LogP contribution in [0.5, 0.6) is 11.5 Å². The van der Waals surface area contributed by atoms with E-state index in [1.54, 1.807) is 18.3 Å². The van der Waals surface area contributed by atoms with E-state index >= 15 is 0 Å². The number of hydrogen-bond donors (Lipinski definition) is 2. The van der Waals surface area contributed by atoms with Gasteiger partial charge in [-0.1, -0.05) is 24.3 Å². The van der Waals surface area contributed by atoms with Crippen LogP contribution in [0.3, 0.4) is 0 Å². The van der Waals surface area contributed by atoms with Crippen LogP contribution >= 0.6 is 0 Å². The summed E-state index contributed by atoms with van der Waals surface area (Å²) in [6, 6.07) is 11.6. The van der Waals surface area contributed by atoms with Crippen LogP contribution < -0.4 is 4.74 Å². The number of aromatic hydroxyl groups is 1. The molecule has 1 atom stereocenters. The number of amides is 4. The van der Waals surface area contributed by atoms with Gasteiger partial charge in [-0.05, 0) is 29.3 Å². The Labute approximate surface area is 172 Å². The molecule has 1 fully saturated rings. The first kappa shape index (κ1) is 19.5. The van der Waals surface area contributed by atoms with Crippen LogP contribution in [-0.2, 0) is 9.59 Å². The average Bonchev–Trinajstić information content (AvgIpc) is 3.18. The number of aromatic amines is 1. The van der Waals surface area contributed by atoms with E-state index in [2.05, 4.69) is 4.98 Å². The Kier molecular flexibility index (Phi) is 4.69. The summed E-state index contributed by atoms with van der Waals surface area (Å²) in [7, 11) is 4.16. The zero-order valence-corrected chi connectivity index (χ0v) is 16.7. The number of nitrogens with one attached hydrogen (secondary N) is 1. The van der Waals surface area contributed by atoms with Crippen LogP contribution in [0.15, 0.2) is 48.7 Å². The van der Waals surface area contributed by atoms with E-state index in [1.165, 1.54) is 27.3 Å². The number of aromatic nitrogens is 1. The molecule has 4 amide bonds. The molecule has 1 aliphatic rings. The molecule has 2 heterocycles. The molecule has 1 aromatic heterocycles. The highest BCUT2D eigenvalue weighted by atomic mass is 16.5. The first-order valence-electron chi connectivity index (χ1n) is 9.37. The van der Waals surface area contributed by atoms with E-state index < -0.39 is 29.7 Å². The second kappa shape index (κ2) is 7.22. The van der Waals surface area contributed by atoms with Crippen molar-refractivity contribution in [2.45, 2.75) is 5.92 Å². The van der Waals surface area contributed by atoms with E-state index in [0.29, 0.717) is 5.56 Å². The normalized spacial score (nSPS) is 16.4. The fraction of sp³-hybridized carbons (Fsp3) is 0.227. The van der Waals surface area contributed by atoms with Crippen molar-refractivity contribution in [1.82, 2.24) is 14.8 Å². The average molecular weight is 407 g/mol. The molecule has 1 unspecified atom stereocenters. The first-order chi connectivity index (χ1) is 14.3. The molecule has 154 valence electrons. The topological polar surface area (TPSA) is 103 Å². The minimum absolute atomic E-state index is 0.0513. The van der Waals surface area contributed by atoms with Gasteiger partial charge in [-0.2, -0.15) is 0 Å². The lowest BCUT2D eigenvalue weighted by molar-refractivity contribution is -0.148. The maximum atomic E-state index is 13.1. The molecule has 8 heteroatoms. The van der Waals surface area contributed by atoms with Crippen LogP contribution in [0.25, 0.3) is 10.9 Å². The maximum Gasteiger partial charge on any atom is 0.332 e. The standard InChI is InChI=1S/C22H21N3O5/c1-24-20(27)19(21(28)25(2)22(24)29)18(12-8-9-16(26)17(10-12)30-3)14-11-23-15-7-5-4-6-13(14)15/h4-11,18-19,23,26H,1-3H3. The largest absolute Gasteiger partial charge is 0.504 e. The molecule has 4 rings (SSSR count). The number of barbiturate groups is 1. The Morgan fingerprint density at radius 1 is 1.03 bits per heavy atom. The number of carbonyl (C=O) groups excluding carboxylic acids is 3. The number of ether oxygens (including phenoxy) is 1. The summed E-state index contributed by atoms with van der Waals surface area (Å²) in [6.45, 7) is 0. The second-order valence-electron chi connectivity index (χ2n) is 7.25. The van der Waals surface area contributed by atoms with Gasteiger partial charge >= 0.3 is 6.03 Å². The number of imide groups is 2. The third-order valence-corrected chi connectivity index (χ3v) is 5.62. The van der Waals surface area contributed by atoms with Crippen molar-refractivity contribution in [3.05, 3.63) is 59.8 Å². The fourth-order valence-electron chi connectivity index (χ4n) is 4.01. The fourth-order valence-corrected chi connectivity index (χ4v) is 4.01. The van der Waals surface area contributed by atoms with Gasteiger partial charge in [-0.25, -0.2) is 4.79 Å². The Balaban J connectivity index is 1.96. The summed E-state index contributed by atoms with van der Waals surface area (Å²) in [5, 5.41) is 10.9. The molecule has 0 spiro atoms. The summed E-state index contributed by atoms with van der Waals surface area (Å²) in [5.41, 5.74) is 2.20. The molecule has 0 radical (unpaired) electrons. The number of methoxy groups -OCH3 is 1. The zero-order chi connectivity index (χ0) is 21.6. The molecular formula is C22H21N3O5. The second-order valence-corrected chi connectivity index (χ2v) is 7.25. The quantitative estimate of drug-likeness (QED) is 0.648. The van der Waals surface area contributed by atoms with Crippen LogP contribution in [0.4, 0.5) is 4.79 Å². The summed E-state index contributed by atoms with van der Waals surface area (Å²) >= 11 is 0. The molecule has 1 aliphatic heterocycles. The van der Waals surface area contributed by atoms with E-state index in [-0.39, 0.29) is 11.5 Å².